The fraction of sp³-hybridized carbons (Fsp3) is 0.429. The lowest BCUT2D eigenvalue weighted by Crippen LogP contribution is -2.35. The van der Waals surface area contributed by atoms with Crippen LogP contribution in [0.4, 0.5) is 0 Å². The number of ketones is 1. The van der Waals surface area contributed by atoms with Gasteiger partial charge in [-0.25, -0.2) is 0 Å². The highest BCUT2D eigenvalue weighted by Crippen LogP contribution is 2.22. The monoisotopic (exact) mass is 283 g/mol. The van der Waals surface area contributed by atoms with Crippen molar-refractivity contribution in [3.63, 3.8) is 0 Å². The van der Waals surface area contributed by atoms with Crippen LogP contribution in [0.3, 0.4) is 0 Å². The number of rotatable bonds is 4. The molecule has 0 aliphatic carbocycles. The topological polar surface area (TPSA) is 55.4 Å². The highest BCUT2D eigenvalue weighted by molar-refractivity contribution is 6.31. The molecule has 0 spiro atoms. The van der Waals surface area contributed by atoms with Gasteiger partial charge in [0.05, 0.1) is 19.2 Å². The number of Topliss-reactive ketones (excluding diaryl/α,β-unsaturated/α-hetero) is 1. The predicted octanol–water partition coefficient (Wildman–Crippen LogP) is 2.69. The third-order valence-corrected chi connectivity index (χ3v) is 2.89. The quantitative estimate of drug-likeness (QED) is 0.924. The molecule has 19 heavy (non-hydrogen) atoms. The van der Waals surface area contributed by atoms with E-state index in [-0.39, 0.29) is 18.2 Å². The third-order valence-electron chi connectivity index (χ3n) is 2.65. The van der Waals surface area contributed by atoms with E-state index in [0.29, 0.717) is 16.3 Å². The third kappa shape index (κ3) is 4.24. The van der Waals surface area contributed by atoms with E-state index in [9.17, 15) is 9.59 Å². The van der Waals surface area contributed by atoms with Gasteiger partial charge in [0.15, 0.2) is 5.78 Å². The average Bonchev–Trinajstić information content (AvgIpc) is 2.34. The van der Waals surface area contributed by atoms with Gasteiger partial charge in [0.2, 0.25) is 0 Å². The normalized spacial score (nSPS) is 11.0. The summed E-state index contributed by atoms with van der Waals surface area (Å²) in [6.07, 6.45) is 0. The van der Waals surface area contributed by atoms with Gasteiger partial charge in [-0.3, -0.25) is 9.59 Å². The van der Waals surface area contributed by atoms with Crippen LogP contribution in [0, 0.1) is 5.41 Å². The van der Waals surface area contributed by atoms with E-state index in [1.165, 1.54) is 13.2 Å². The molecule has 0 aromatic heterocycles. The molecule has 0 fully saturated rings. The van der Waals surface area contributed by atoms with Crippen molar-refractivity contribution in [3.05, 3.63) is 28.8 Å². The van der Waals surface area contributed by atoms with Crippen molar-refractivity contribution in [2.75, 3.05) is 13.7 Å². The molecule has 0 bridgehead atoms. The first-order chi connectivity index (χ1) is 8.75. The summed E-state index contributed by atoms with van der Waals surface area (Å²) in [5.41, 5.74) is -0.164. The Morgan fingerprint density at radius 2 is 1.95 bits per heavy atom. The van der Waals surface area contributed by atoms with Crippen LogP contribution in [0.1, 0.15) is 31.1 Å². The van der Waals surface area contributed by atoms with Crippen molar-refractivity contribution in [1.82, 2.24) is 5.32 Å². The molecule has 0 unspecified atom stereocenters. The van der Waals surface area contributed by atoms with E-state index >= 15 is 0 Å². The number of hydrogen-bond donors (Lipinski definition) is 1. The van der Waals surface area contributed by atoms with Gasteiger partial charge < -0.3 is 10.1 Å². The zero-order valence-corrected chi connectivity index (χ0v) is 12.3. The molecule has 1 aromatic carbocycles. The Balaban J connectivity index is 2.79. The Morgan fingerprint density at radius 3 is 2.47 bits per heavy atom. The largest absolute Gasteiger partial charge is 0.496 e. The Morgan fingerprint density at radius 1 is 1.32 bits per heavy atom. The van der Waals surface area contributed by atoms with Crippen molar-refractivity contribution >= 4 is 23.3 Å². The van der Waals surface area contributed by atoms with E-state index in [1.54, 1.807) is 12.1 Å². The minimum atomic E-state index is -0.480. The minimum absolute atomic E-state index is 0.0159. The lowest BCUT2D eigenvalue weighted by Gasteiger charge is -2.17. The molecule has 4 nitrogen and oxygen atoms in total. The van der Waals surface area contributed by atoms with E-state index < -0.39 is 5.41 Å². The molecule has 1 rings (SSSR count). The van der Waals surface area contributed by atoms with Crippen LogP contribution in [0.25, 0.3) is 0 Å². The summed E-state index contributed by atoms with van der Waals surface area (Å²) < 4.78 is 5.09. The second-order valence-corrected chi connectivity index (χ2v) is 5.64. The van der Waals surface area contributed by atoms with Crippen LogP contribution >= 0.6 is 11.6 Å². The summed E-state index contributed by atoms with van der Waals surface area (Å²) in [5.74, 6) is 0.00361. The maximum atomic E-state index is 12.0. The maximum Gasteiger partial charge on any atom is 0.255 e. The molecule has 0 atom stereocenters. The first kappa shape index (κ1) is 15.5. The van der Waals surface area contributed by atoms with Crippen LogP contribution in [-0.2, 0) is 4.79 Å². The Kier molecular flexibility index (Phi) is 4.95. The number of carbonyl (C=O) groups excluding carboxylic acids is 2. The van der Waals surface area contributed by atoms with Gasteiger partial charge in [-0.1, -0.05) is 32.4 Å². The summed E-state index contributed by atoms with van der Waals surface area (Å²) in [6.45, 7) is 5.41. The van der Waals surface area contributed by atoms with Crippen LogP contribution < -0.4 is 10.1 Å². The van der Waals surface area contributed by atoms with Gasteiger partial charge >= 0.3 is 0 Å². The predicted molar refractivity (Wildman–Crippen MR) is 74.8 cm³/mol. The zero-order valence-electron chi connectivity index (χ0n) is 11.5. The number of halogens is 1. The minimum Gasteiger partial charge on any atom is -0.496 e. The summed E-state index contributed by atoms with van der Waals surface area (Å²) in [5, 5.41) is 3.02. The molecular weight excluding hydrogens is 266 g/mol. The summed E-state index contributed by atoms with van der Waals surface area (Å²) in [4.78, 5) is 23.8. The number of nitrogens with one attached hydrogen (secondary N) is 1. The van der Waals surface area contributed by atoms with Gasteiger partial charge in [0.1, 0.15) is 5.75 Å². The molecule has 1 amide bonds. The molecule has 0 saturated carbocycles. The SMILES string of the molecule is COc1ccc(Cl)cc1C(=O)NCC(=O)C(C)(C)C. The molecule has 0 aliphatic heterocycles. The van der Waals surface area contributed by atoms with Gasteiger partial charge in [-0.15, -0.1) is 0 Å². The first-order valence-electron chi connectivity index (χ1n) is 5.90. The zero-order chi connectivity index (χ0) is 14.6. The standard InChI is InChI=1S/C14H18ClNO3/c1-14(2,3)12(17)8-16-13(18)10-7-9(15)5-6-11(10)19-4/h5-7H,8H2,1-4H3,(H,16,18). The molecule has 0 radical (unpaired) electrons. The number of amides is 1. The fourth-order valence-corrected chi connectivity index (χ4v) is 1.55. The fourth-order valence-electron chi connectivity index (χ4n) is 1.38. The van der Waals surface area contributed by atoms with E-state index in [1.807, 2.05) is 20.8 Å². The first-order valence-corrected chi connectivity index (χ1v) is 6.28. The van der Waals surface area contributed by atoms with Crippen molar-refractivity contribution in [1.29, 1.82) is 0 Å². The van der Waals surface area contributed by atoms with E-state index in [2.05, 4.69) is 5.32 Å². The lowest BCUT2D eigenvalue weighted by atomic mass is 9.91. The Hall–Kier alpha value is -1.55. The van der Waals surface area contributed by atoms with Crippen molar-refractivity contribution in [3.8, 4) is 5.75 Å². The van der Waals surface area contributed by atoms with Gasteiger partial charge in [0.25, 0.3) is 5.91 Å². The highest BCUT2D eigenvalue weighted by Gasteiger charge is 2.22. The Bertz CT molecular complexity index is 492. The Labute approximate surface area is 118 Å². The maximum absolute atomic E-state index is 12.0. The van der Waals surface area contributed by atoms with Crippen molar-refractivity contribution in [2.45, 2.75) is 20.8 Å². The van der Waals surface area contributed by atoms with Crippen LogP contribution in [0.5, 0.6) is 5.75 Å². The highest BCUT2D eigenvalue weighted by atomic mass is 35.5. The molecule has 1 aromatic rings. The molecule has 0 saturated heterocycles. The number of methoxy groups -OCH3 is 1. The number of hydrogen-bond acceptors (Lipinski definition) is 3. The average molecular weight is 284 g/mol. The van der Waals surface area contributed by atoms with Crippen LogP contribution in [-0.4, -0.2) is 25.3 Å². The van der Waals surface area contributed by atoms with E-state index in [0.717, 1.165) is 0 Å². The van der Waals surface area contributed by atoms with E-state index in [4.69, 9.17) is 16.3 Å². The molecular formula is C14H18ClNO3. The summed E-state index contributed by atoms with van der Waals surface area (Å²) in [6, 6.07) is 4.76. The number of ether oxygens (including phenoxy) is 1. The van der Waals surface area contributed by atoms with Gasteiger partial charge in [-0.2, -0.15) is 0 Å². The van der Waals surface area contributed by atoms with Gasteiger partial charge in [-0.05, 0) is 18.2 Å². The molecule has 0 aliphatic rings. The molecule has 0 heterocycles. The number of carbonyl (C=O) groups is 2. The molecule has 5 heteroatoms. The smallest absolute Gasteiger partial charge is 0.255 e. The molecule has 1 N–H and O–H groups in total. The van der Waals surface area contributed by atoms with Crippen molar-refractivity contribution in [2.24, 2.45) is 5.41 Å². The second kappa shape index (κ2) is 6.06. The van der Waals surface area contributed by atoms with Gasteiger partial charge in [0, 0.05) is 10.4 Å². The van der Waals surface area contributed by atoms with Crippen molar-refractivity contribution < 1.29 is 14.3 Å². The van der Waals surface area contributed by atoms with Crippen LogP contribution in [0.2, 0.25) is 5.02 Å². The number of benzene rings is 1. The second-order valence-electron chi connectivity index (χ2n) is 5.20. The van der Waals surface area contributed by atoms with Crippen LogP contribution in [0.15, 0.2) is 18.2 Å². The summed E-state index contributed by atoms with van der Waals surface area (Å²) in [7, 11) is 1.47. The summed E-state index contributed by atoms with van der Waals surface area (Å²) >= 11 is 5.85. The lowest BCUT2D eigenvalue weighted by molar-refractivity contribution is -0.125. The molecule has 104 valence electrons.